The summed E-state index contributed by atoms with van der Waals surface area (Å²) in [6.45, 7) is 0. The molecular weight excluding hydrogens is 170 g/mol. The standard InChI is InChI=1S/C3H5BrF2O/c1-7-3(5,6)2-4/h2H2,1H3. The maximum absolute atomic E-state index is 11.6. The second kappa shape index (κ2) is 2.57. The highest BCUT2D eigenvalue weighted by Crippen LogP contribution is 2.15. The van der Waals surface area contributed by atoms with E-state index in [0.29, 0.717) is 0 Å². The lowest BCUT2D eigenvalue weighted by Crippen LogP contribution is -2.19. The molecule has 4 heteroatoms. The molecule has 0 rings (SSSR count). The zero-order valence-corrected chi connectivity index (χ0v) is 5.34. The van der Waals surface area contributed by atoms with Crippen LogP contribution in [0.15, 0.2) is 0 Å². The van der Waals surface area contributed by atoms with Crippen molar-refractivity contribution in [2.45, 2.75) is 6.11 Å². The van der Waals surface area contributed by atoms with Gasteiger partial charge in [0.05, 0.1) is 5.33 Å². The van der Waals surface area contributed by atoms with Gasteiger partial charge in [-0.3, -0.25) is 0 Å². The molecule has 0 aromatic heterocycles. The molecule has 7 heavy (non-hydrogen) atoms. The molecule has 44 valence electrons. The first-order valence-electron chi connectivity index (χ1n) is 1.61. The molecule has 0 radical (unpaired) electrons. The lowest BCUT2D eigenvalue weighted by atomic mass is 10.7. The van der Waals surface area contributed by atoms with Crippen LogP contribution in [-0.4, -0.2) is 18.5 Å². The minimum Gasteiger partial charge on any atom is -0.323 e. The van der Waals surface area contributed by atoms with Crippen molar-refractivity contribution in [3.05, 3.63) is 0 Å². The third-order valence-electron chi connectivity index (χ3n) is 0.454. The van der Waals surface area contributed by atoms with Gasteiger partial charge in [0.25, 0.3) is 0 Å². The van der Waals surface area contributed by atoms with Crippen molar-refractivity contribution in [2.24, 2.45) is 0 Å². The van der Waals surface area contributed by atoms with Gasteiger partial charge in [-0.15, -0.1) is 0 Å². The fourth-order valence-electron chi connectivity index (χ4n) is 0.0546. The van der Waals surface area contributed by atoms with Crippen LogP contribution in [0.4, 0.5) is 8.78 Å². The van der Waals surface area contributed by atoms with Gasteiger partial charge in [-0.1, -0.05) is 15.9 Å². The second-order valence-electron chi connectivity index (χ2n) is 0.975. The van der Waals surface area contributed by atoms with E-state index >= 15 is 0 Å². The Morgan fingerprint density at radius 1 is 1.71 bits per heavy atom. The summed E-state index contributed by atoms with van der Waals surface area (Å²) in [5, 5.41) is -0.448. The largest absolute Gasteiger partial charge is 0.365 e. The van der Waals surface area contributed by atoms with Crippen molar-refractivity contribution >= 4 is 15.9 Å². The highest BCUT2D eigenvalue weighted by atomic mass is 79.9. The third kappa shape index (κ3) is 2.93. The molecule has 0 fully saturated rings. The smallest absolute Gasteiger partial charge is 0.323 e. The number of hydrogen-bond donors (Lipinski definition) is 0. The summed E-state index contributed by atoms with van der Waals surface area (Å²) in [6, 6.07) is 0. The summed E-state index contributed by atoms with van der Waals surface area (Å²) >= 11 is 2.56. The predicted octanol–water partition coefficient (Wildman–Crippen LogP) is 1.62. The van der Waals surface area contributed by atoms with Crippen LogP contribution in [0.3, 0.4) is 0 Å². The topological polar surface area (TPSA) is 9.23 Å². The maximum Gasteiger partial charge on any atom is 0.365 e. The lowest BCUT2D eigenvalue weighted by molar-refractivity contribution is -0.200. The van der Waals surface area contributed by atoms with E-state index in [4.69, 9.17) is 0 Å². The highest BCUT2D eigenvalue weighted by molar-refractivity contribution is 9.09. The minimum atomic E-state index is -3.00. The van der Waals surface area contributed by atoms with Crippen molar-refractivity contribution in [3.8, 4) is 0 Å². The van der Waals surface area contributed by atoms with Crippen LogP contribution in [-0.2, 0) is 4.74 Å². The van der Waals surface area contributed by atoms with Gasteiger partial charge in [-0.2, -0.15) is 8.78 Å². The summed E-state index contributed by atoms with van der Waals surface area (Å²) in [5.41, 5.74) is 0. The van der Waals surface area contributed by atoms with Crippen LogP contribution in [0.2, 0.25) is 0 Å². The predicted molar refractivity (Wildman–Crippen MR) is 25.7 cm³/mol. The van der Waals surface area contributed by atoms with E-state index in [9.17, 15) is 8.78 Å². The van der Waals surface area contributed by atoms with Gasteiger partial charge in [0.15, 0.2) is 0 Å². The molecule has 0 atom stereocenters. The molecule has 0 aromatic carbocycles. The quantitative estimate of drug-likeness (QED) is 0.579. The van der Waals surface area contributed by atoms with Gasteiger partial charge < -0.3 is 4.74 Å². The van der Waals surface area contributed by atoms with Crippen molar-refractivity contribution in [1.29, 1.82) is 0 Å². The van der Waals surface area contributed by atoms with E-state index in [2.05, 4.69) is 20.7 Å². The fourth-order valence-corrected chi connectivity index (χ4v) is 0.283. The van der Waals surface area contributed by atoms with Crippen LogP contribution >= 0.6 is 15.9 Å². The molecule has 0 heterocycles. The minimum absolute atomic E-state index is 0.448. The average molecular weight is 175 g/mol. The van der Waals surface area contributed by atoms with Gasteiger partial charge >= 0.3 is 6.11 Å². The van der Waals surface area contributed by atoms with Gasteiger partial charge in [0.1, 0.15) is 0 Å². The number of halogens is 3. The van der Waals surface area contributed by atoms with Crippen molar-refractivity contribution < 1.29 is 13.5 Å². The van der Waals surface area contributed by atoms with Gasteiger partial charge in [-0.05, 0) is 0 Å². The number of rotatable bonds is 2. The summed E-state index contributed by atoms with van der Waals surface area (Å²) in [7, 11) is 0.960. The molecule has 0 aromatic rings. The van der Waals surface area contributed by atoms with Crippen molar-refractivity contribution in [3.63, 3.8) is 0 Å². The van der Waals surface area contributed by atoms with E-state index in [0.717, 1.165) is 7.11 Å². The van der Waals surface area contributed by atoms with Crippen LogP contribution in [0, 0.1) is 0 Å². The molecule has 0 unspecified atom stereocenters. The molecule has 0 amide bonds. The molecule has 0 saturated heterocycles. The molecule has 0 saturated carbocycles. The van der Waals surface area contributed by atoms with E-state index in [1.54, 1.807) is 0 Å². The van der Waals surface area contributed by atoms with Crippen LogP contribution in [0.25, 0.3) is 0 Å². The summed E-state index contributed by atoms with van der Waals surface area (Å²) in [6.07, 6.45) is -3.00. The molecule has 0 aliphatic carbocycles. The first-order chi connectivity index (χ1) is 3.12. The Labute approximate surface area is 48.8 Å². The fraction of sp³-hybridized carbons (Fsp3) is 1.00. The first kappa shape index (κ1) is 7.30. The zero-order valence-electron chi connectivity index (χ0n) is 3.75. The summed E-state index contributed by atoms with van der Waals surface area (Å²) < 4.78 is 26.9. The zero-order chi connectivity index (χ0) is 5.91. The Kier molecular flexibility index (Phi) is 2.68. The Morgan fingerprint density at radius 3 is 2.14 bits per heavy atom. The Morgan fingerprint density at radius 2 is 2.14 bits per heavy atom. The van der Waals surface area contributed by atoms with Gasteiger partial charge in [-0.25, -0.2) is 0 Å². The maximum atomic E-state index is 11.6. The van der Waals surface area contributed by atoms with Gasteiger partial charge in [0, 0.05) is 7.11 Å². The van der Waals surface area contributed by atoms with E-state index in [1.165, 1.54) is 0 Å². The number of hydrogen-bond acceptors (Lipinski definition) is 1. The molecule has 1 nitrogen and oxygen atoms in total. The SMILES string of the molecule is COC(F)(F)CBr. The lowest BCUT2D eigenvalue weighted by Gasteiger charge is -2.07. The highest BCUT2D eigenvalue weighted by Gasteiger charge is 2.25. The molecular formula is C3H5BrF2O. The molecule has 0 aliphatic rings. The first-order valence-corrected chi connectivity index (χ1v) is 2.73. The van der Waals surface area contributed by atoms with E-state index in [1.807, 2.05) is 0 Å². The number of alkyl halides is 3. The molecule has 0 aliphatic heterocycles. The van der Waals surface area contributed by atoms with Gasteiger partial charge in [0.2, 0.25) is 0 Å². The monoisotopic (exact) mass is 174 g/mol. The Balaban J connectivity index is 3.36. The summed E-state index contributed by atoms with van der Waals surface area (Å²) in [4.78, 5) is 0. The summed E-state index contributed by atoms with van der Waals surface area (Å²) in [5.74, 6) is 0. The van der Waals surface area contributed by atoms with Crippen molar-refractivity contribution in [2.75, 3.05) is 12.4 Å². The van der Waals surface area contributed by atoms with Crippen LogP contribution in [0.5, 0.6) is 0 Å². The molecule has 0 N–H and O–H groups in total. The van der Waals surface area contributed by atoms with E-state index in [-0.39, 0.29) is 0 Å². The number of methoxy groups -OCH3 is 1. The van der Waals surface area contributed by atoms with E-state index < -0.39 is 11.4 Å². The molecule has 0 spiro atoms. The average Bonchev–Trinajstić information content (AvgIpc) is 1.68. The third-order valence-corrected chi connectivity index (χ3v) is 1.11. The number of ether oxygens (including phenoxy) is 1. The Bertz CT molecular complexity index is 50.9. The molecule has 0 bridgehead atoms. The second-order valence-corrected chi connectivity index (χ2v) is 1.54. The van der Waals surface area contributed by atoms with Crippen LogP contribution < -0.4 is 0 Å². The van der Waals surface area contributed by atoms with Crippen molar-refractivity contribution in [1.82, 2.24) is 0 Å². The van der Waals surface area contributed by atoms with Crippen LogP contribution in [0.1, 0.15) is 0 Å². The Hall–Kier alpha value is 0.300. The normalized spacial score (nSPS) is 12.0.